The van der Waals surface area contributed by atoms with Gasteiger partial charge in [-0.1, -0.05) is 13.8 Å². The second-order valence-electron chi connectivity index (χ2n) is 6.46. The monoisotopic (exact) mass is 388 g/mol. The van der Waals surface area contributed by atoms with Crippen molar-refractivity contribution in [1.82, 2.24) is 4.98 Å². The lowest BCUT2D eigenvalue weighted by Gasteiger charge is -2.30. The highest BCUT2D eigenvalue weighted by molar-refractivity contribution is 14.1. The highest BCUT2D eigenvalue weighted by atomic mass is 127. The Balaban J connectivity index is 2.38. The highest BCUT2D eigenvalue weighted by Gasteiger charge is 2.39. The number of hydrogen-bond donors (Lipinski definition) is 0. The Hall–Kier alpha value is -0.850. The molecule has 20 heavy (non-hydrogen) atoms. The van der Waals surface area contributed by atoms with Gasteiger partial charge in [0.1, 0.15) is 11.4 Å². The fourth-order valence-corrected chi connectivity index (χ4v) is 3.00. The zero-order valence-corrected chi connectivity index (χ0v) is 14.8. The van der Waals surface area contributed by atoms with E-state index in [-0.39, 0.29) is 12.1 Å². The lowest BCUT2D eigenvalue weighted by Crippen LogP contribution is -2.44. The summed E-state index contributed by atoms with van der Waals surface area (Å²) in [5.74, 6) is 1.11. The Kier molecular flexibility index (Phi) is 4.27. The standard InChI is InChI=1S/C15H21IN2O2/c1-9(2)12-8-10-11(16)6-7-17-13(10)18(12)14(19)20-15(3,4)5/h6-7,9,12H,8H2,1-5H3/t12-/m1/s1. The van der Waals surface area contributed by atoms with Crippen molar-refractivity contribution in [3.8, 4) is 0 Å². The van der Waals surface area contributed by atoms with Gasteiger partial charge < -0.3 is 4.74 Å². The molecule has 0 N–H and O–H groups in total. The first kappa shape index (κ1) is 15.5. The minimum atomic E-state index is -0.497. The van der Waals surface area contributed by atoms with Crippen LogP contribution in [-0.4, -0.2) is 22.7 Å². The Bertz CT molecular complexity index is 523. The number of pyridine rings is 1. The van der Waals surface area contributed by atoms with Gasteiger partial charge in [-0.2, -0.15) is 0 Å². The smallest absolute Gasteiger partial charge is 0.416 e. The van der Waals surface area contributed by atoms with E-state index in [1.807, 2.05) is 26.8 Å². The maximum atomic E-state index is 12.5. The molecule has 0 aliphatic carbocycles. The summed E-state index contributed by atoms with van der Waals surface area (Å²) in [6.07, 6.45) is 2.29. The van der Waals surface area contributed by atoms with Crippen molar-refractivity contribution in [2.45, 2.75) is 52.7 Å². The topological polar surface area (TPSA) is 42.4 Å². The SMILES string of the molecule is CC(C)[C@H]1Cc2c(I)ccnc2N1C(=O)OC(C)(C)C. The molecule has 0 radical (unpaired) electrons. The first-order chi connectivity index (χ1) is 9.20. The molecule has 110 valence electrons. The van der Waals surface area contributed by atoms with E-state index in [2.05, 4.69) is 41.4 Å². The summed E-state index contributed by atoms with van der Waals surface area (Å²) in [6.45, 7) is 9.90. The predicted molar refractivity (Wildman–Crippen MR) is 88.0 cm³/mol. The number of rotatable bonds is 1. The van der Waals surface area contributed by atoms with Crippen LogP contribution in [0.25, 0.3) is 0 Å². The van der Waals surface area contributed by atoms with E-state index in [4.69, 9.17) is 4.74 Å². The van der Waals surface area contributed by atoms with Gasteiger partial charge in [0.15, 0.2) is 0 Å². The number of anilines is 1. The third-order valence-corrected chi connectivity index (χ3v) is 4.32. The van der Waals surface area contributed by atoms with Crippen LogP contribution in [0.5, 0.6) is 0 Å². The fourth-order valence-electron chi connectivity index (χ4n) is 2.38. The van der Waals surface area contributed by atoms with E-state index in [1.54, 1.807) is 11.1 Å². The number of fused-ring (bicyclic) bond motifs is 1. The molecule has 2 heterocycles. The van der Waals surface area contributed by atoms with Crippen molar-refractivity contribution < 1.29 is 9.53 Å². The number of ether oxygens (including phenoxy) is 1. The number of hydrogen-bond acceptors (Lipinski definition) is 3. The van der Waals surface area contributed by atoms with Crippen LogP contribution in [-0.2, 0) is 11.2 Å². The highest BCUT2D eigenvalue weighted by Crippen LogP contribution is 2.36. The summed E-state index contributed by atoms with van der Waals surface area (Å²) >= 11 is 2.30. The molecule has 1 aliphatic rings. The molecule has 0 fully saturated rings. The number of halogens is 1. The minimum absolute atomic E-state index is 0.114. The molecule has 0 spiro atoms. The van der Waals surface area contributed by atoms with Gasteiger partial charge in [-0.25, -0.2) is 9.78 Å². The van der Waals surface area contributed by atoms with Crippen molar-refractivity contribution in [2.75, 3.05) is 4.90 Å². The molecule has 1 amide bonds. The summed E-state index contributed by atoms with van der Waals surface area (Å²) in [7, 11) is 0. The van der Waals surface area contributed by atoms with E-state index in [0.717, 1.165) is 21.4 Å². The van der Waals surface area contributed by atoms with Crippen LogP contribution in [0.3, 0.4) is 0 Å². The van der Waals surface area contributed by atoms with Crippen molar-refractivity contribution in [3.63, 3.8) is 0 Å². The molecule has 0 bridgehead atoms. The molecule has 1 atom stereocenters. The van der Waals surface area contributed by atoms with Crippen molar-refractivity contribution in [1.29, 1.82) is 0 Å². The molecular weight excluding hydrogens is 367 g/mol. The number of amides is 1. The maximum absolute atomic E-state index is 12.5. The average molecular weight is 388 g/mol. The molecule has 1 aromatic heterocycles. The van der Waals surface area contributed by atoms with Crippen molar-refractivity contribution >= 4 is 34.5 Å². The molecule has 0 saturated heterocycles. The predicted octanol–water partition coefficient (Wildman–Crippen LogP) is 4.01. The second-order valence-corrected chi connectivity index (χ2v) is 7.62. The van der Waals surface area contributed by atoms with E-state index in [0.29, 0.717) is 5.92 Å². The maximum Gasteiger partial charge on any atom is 0.416 e. The van der Waals surface area contributed by atoms with Gasteiger partial charge in [0, 0.05) is 21.4 Å². The molecule has 0 saturated carbocycles. The molecule has 0 aromatic carbocycles. The Labute approximate surface area is 134 Å². The van der Waals surface area contributed by atoms with E-state index in [1.165, 1.54) is 0 Å². The number of carbonyl (C=O) groups is 1. The molecule has 1 aromatic rings. The van der Waals surface area contributed by atoms with Crippen LogP contribution >= 0.6 is 22.6 Å². The quantitative estimate of drug-likeness (QED) is 0.683. The fraction of sp³-hybridized carbons (Fsp3) is 0.600. The van der Waals surface area contributed by atoms with Gasteiger partial charge >= 0.3 is 6.09 Å². The van der Waals surface area contributed by atoms with Crippen LogP contribution in [0.1, 0.15) is 40.2 Å². The second kappa shape index (κ2) is 5.50. The molecule has 1 aliphatic heterocycles. The van der Waals surface area contributed by atoms with Gasteiger partial charge in [0.25, 0.3) is 0 Å². The zero-order chi connectivity index (χ0) is 15.1. The molecular formula is C15H21IN2O2. The van der Waals surface area contributed by atoms with E-state index in [9.17, 15) is 4.79 Å². The minimum Gasteiger partial charge on any atom is -0.443 e. The largest absolute Gasteiger partial charge is 0.443 e. The van der Waals surface area contributed by atoms with Gasteiger partial charge in [-0.3, -0.25) is 4.90 Å². The lowest BCUT2D eigenvalue weighted by atomic mass is 10.0. The van der Waals surface area contributed by atoms with Crippen LogP contribution < -0.4 is 4.90 Å². The Morgan fingerprint density at radius 1 is 1.50 bits per heavy atom. The van der Waals surface area contributed by atoms with E-state index < -0.39 is 5.60 Å². The van der Waals surface area contributed by atoms with Crippen LogP contribution in [0.2, 0.25) is 0 Å². The number of carbonyl (C=O) groups excluding carboxylic acids is 1. The van der Waals surface area contributed by atoms with Crippen molar-refractivity contribution in [3.05, 3.63) is 21.4 Å². The summed E-state index contributed by atoms with van der Waals surface area (Å²) in [6, 6.07) is 2.10. The Morgan fingerprint density at radius 2 is 2.15 bits per heavy atom. The molecule has 2 rings (SSSR count). The van der Waals surface area contributed by atoms with Crippen LogP contribution in [0.4, 0.5) is 10.6 Å². The Morgan fingerprint density at radius 3 is 2.70 bits per heavy atom. The summed E-state index contributed by atoms with van der Waals surface area (Å²) in [5, 5.41) is 0. The average Bonchev–Trinajstić information content (AvgIpc) is 2.67. The van der Waals surface area contributed by atoms with Crippen LogP contribution in [0.15, 0.2) is 12.3 Å². The van der Waals surface area contributed by atoms with Gasteiger partial charge in [-0.15, -0.1) is 0 Å². The molecule has 5 heteroatoms. The normalized spacial score (nSPS) is 18.4. The third-order valence-electron chi connectivity index (χ3n) is 3.31. The molecule has 0 unspecified atom stereocenters. The van der Waals surface area contributed by atoms with Gasteiger partial charge in [0.2, 0.25) is 0 Å². The summed E-state index contributed by atoms with van der Waals surface area (Å²) < 4.78 is 6.70. The summed E-state index contributed by atoms with van der Waals surface area (Å²) in [5.41, 5.74) is 0.654. The third kappa shape index (κ3) is 3.07. The van der Waals surface area contributed by atoms with Crippen molar-refractivity contribution in [2.24, 2.45) is 5.92 Å². The van der Waals surface area contributed by atoms with E-state index >= 15 is 0 Å². The number of aromatic nitrogens is 1. The summed E-state index contributed by atoms with van der Waals surface area (Å²) in [4.78, 5) is 18.6. The molecule has 4 nitrogen and oxygen atoms in total. The number of nitrogens with zero attached hydrogens (tertiary/aromatic N) is 2. The first-order valence-corrected chi connectivity index (χ1v) is 7.94. The zero-order valence-electron chi connectivity index (χ0n) is 12.6. The lowest BCUT2D eigenvalue weighted by molar-refractivity contribution is 0.0560. The van der Waals surface area contributed by atoms with Gasteiger partial charge in [0.05, 0.1) is 0 Å². The van der Waals surface area contributed by atoms with Gasteiger partial charge in [-0.05, 0) is 61.8 Å². The first-order valence-electron chi connectivity index (χ1n) is 6.86. The van der Waals surface area contributed by atoms with Crippen LogP contribution in [0, 0.1) is 9.49 Å².